The molecule has 2 aromatic carbocycles. The zero-order valence-corrected chi connectivity index (χ0v) is 16.7. The van der Waals surface area contributed by atoms with E-state index in [-0.39, 0.29) is 17.2 Å². The van der Waals surface area contributed by atoms with Crippen molar-refractivity contribution in [3.8, 4) is 0 Å². The maximum Gasteiger partial charge on any atom is 0.243 e. The molecular weight excluding hydrogens is 394 g/mol. The molecule has 1 aliphatic heterocycles. The lowest BCUT2D eigenvalue weighted by Crippen LogP contribution is -2.40. The Morgan fingerprint density at radius 3 is 2.59 bits per heavy atom. The van der Waals surface area contributed by atoms with Crippen LogP contribution >= 0.6 is 0 Å². The summed E-state index contributed by atoms with van der Waals surface area (Å²) in [6, 6.07) is 11.8. The predicted molar refractivity (Wildman–Crippen MR) is 107 cm³/mol. The van der Waals surface area contributed by atoms with Gasteiger partial charge in [-0.3, -0.25) is 4.79 Å². The molecule has 1 fully saturated rings. The van der Waals surface area contributed by atoms with Crippen LogP contribution in [0.4, 0.5) is 5.69 Å². The third kappa shape index (κ3) is 4.16. The summed E-state index contributed by atoms with van der Waals surface area (Å²) in [6.07, 6.45) is 0.0598. The Kier molecular flexibility index (Phi) is 5.35. The minimum Gasteiger partial charge on any atom is -0.379 e. The van der Waals surface area contributed by atoms with Crippen LogP contribution in [0, 0.1) is 6.92 Å². The number of aryl methyl sites for hydroxylation is 1. The number of hydrogen-bond donors (Lipinski definition) is 1. The van der Waals surface area contributed by atoms with E-state index in [1.807, 2.05) is 25.1 Å². The fourth-order valence-electron chi connectivity index (χ4n) is 3.23. The second-order valence-electron chi connectivity index (χ2n) is 6.89. The Balaban J connectivity index is 1.44. The Morgan fingerprint density at radius 1 is 1.14 bits per heavy atom. The Labute approximate surface area is 168 Å². The molecule has 0 atom stereocenters. The van der Waals surface area contributed by atoms with Crippen LogP contribution in [0.25, 0.3) is 11.0 Å². The van der Waals surface area contributed by atoms with E-state index in [2.05, 4.69) is 10.5 Å². The van der Waals surface area contributed by atoms with Crippen LogP contribution in [0.3, 0.4) is 0 Å². The van der Waals surface area contributed by atoms with Crippen molar-refractivity contribution < 1.29 is 22.5 Å². The molecule has 4 rings (SSSR count). The molecule has 1 amide bonds. The molecule has 1 aromatic heterocycles. The Bertz CT molecular complexity index is 1130. The predicted octanol–water partition coefficient (Wildman–Crippen LogP) is 2.34. The largest absolute Gasteiger partial charge is 0.379 e. The minimum absolute atomic E-state index is 0.0598. The minimum atomic E-state index is -3.56. The van der Waals surface area contributed by atoms with Gasteiger partial charge < -0.3 is 14.6 Å². The first-order valence-electron chi connectivity index (χ1n) is 9.26. The van der Waals surface area contributed by atoms with Crippen LogP contribution in [0.2, 0.25) is 0 Å². The third-order valence-electron chi connectivity index (χ3n) is 4.77. The van der Waals surface area contributed by atoms with Crippen molar-refractivity contribution in [3.63, 3.8) is 0 Å². The molecule has 29 heavy (non-hydrogen) atoms. The number of carbonyl (C=O) groups is 1. The van der Waals surface area contributed by atoms with Gasteiger partial charge in [-0.05, 0) is 43.3 Å². The van der Waals surface area contributed by atoms with E-state index >= 15 is 0 Å². The number of sulfonamides is 1. The number of benzene rings is 2. The lowest BCUT2D eigenvalue weighted by atomic mass is 10.1. The van der Waals surface area contributed by atoms with Crippen LogP contribution in [0.15, 0.2) is 51.9 Å². The number of hydrogen-bond acceptors (Lipinski definition) is 6. The van der Waals surface area contributed by atoms with Gasteiger partial charge in [0.25, 0.3) is 0 Å². The van der Waals surface area contributed by atoms with Crippen molar-refractivity contribution in [1.82, 2.24) is 9.46 Å². The lowest BCUT2D eigenvalue weighted by Gasteiger charge is -2.26. The standard InChI is InChI=1S/C20H21N3O5S/c1-14-2-7-19-17(12-14)18(22-28-19)13-20(24)21-15-3-5-16(6-4-15)29(25,26)23-8-10-27-11-9-23/h2-7,12H,8-11,13H2,1H3,(H,21,24). The van der Waals surface area contributed by atoms with Crippen molar-refractivity contribution in [1.29, 1.82) is 0 Å². The maximum absolute atomic E-state index is 12.6. The van der Waals surface area contributed by atoms with Crippen LogP contribution in [0.1, 0.15) is 11.3 Å². The average Bonchev–Trinajstić information content (AvgIpc) is 3.11. The summed E-state index contributed by atoms with van der Waals surface area (Å²) in [5, 5.41) is 7.57. The first-order chi connectivity index (χ1) is 13.9. The molecule has 1 aliphatic rings. The first kappa shape index (κ1) is 19.6. The summed E-state index contributed by atoms with van der Waals surface area (Å²) in [6.45, 7) is 3.42. The van der Waals surface area contributed by atoms with Crippen molar-refractivity contribution in [2.24, 2.45) is 0 Å². The van der Waals surface area contributed by atoms with Crippen LogP contribution in [-0.4, -0.2) is 50.1 Å². The van der Waals surface area contributed by atoms with E-state index < -0.39 is 10.0 Å². The molecule has 0 saturated carbocycles. The van der Waals surface area contributed by atoms with Crippen molar-refractivity contribution in [2.75, 3.05) is 31.6 Å². The van der Waals surface area contributed by atoms with Gasteiger partial charge in [0.05, 0.1) is 24.5 Å². The van der Waals surface area contributed by atoms with Gasteiger partial charge in [0.15, 0.2) is 5.58 Å². The van der Waals surface area contributed by atoms with Crippen molar-refractivity contribution >= 4 is 32.6 Å². The first-order valence-corrected chi connectivity index (χ1v) is 10.7. The molecular formula is C20H21N3O5S. The van der Waals surface area contributed by atoms with Gasteiger partial charge in [-0.2, -0.15) is 4.31 Å². The molecule has 2 heterocycles. The second kappa shape index (κ2) is 7.94. The Hall–Kier alpha value is -2.75. The number of aromatic nitrogens is 1. The fourth-order valence-corrected chi connectivity index (χ4v) is 4.64. The normalized spacial score (nSPS) is 15.5. The summed E-state index contributed by atoms with van der Waals surface area (Å²) in [5.41, 5.74) is 2.77. The summed E-state index contributed by atoms with van der Waals surface area (Å²) in [4.78, 5) is 12.6. The van der Waals surface area contributed by atoms with E-state index in [0.717, 1.165) is 10.9 Å². The van der Waals surface area contributed by atoms with Crippen molar-refractivity contribution in [3.05, 3.63) is 53.7 Å². The number of amides is 1. The molecule has 8 nitrogen and oxygen atoms in total. The van der Waals surface area contributed by atoms with Gasteiger partial charge in [-0.25, -0.2) is 8.42 Å². The molecule has 0 bridgehead atoms. The number of nitrogens with zero attached hydrogens (tertiary/aromatic N) is 2. The summed E-state index contributed by atoms with van der Waals surface area (Å²) in [5.74, 6) is -0.259. The number of morpholine rings is 1. The molecule has 1 saturated heterocycles. The lowest BCUT2D eigenvalue weighted by molar-refractivity contribution is -0.115. The van der Waals surface area contributed by atoms with Gasteiger partial charge in [-0.1, -0.05) is 16.8 Å². The highest BCUT2D eigenvalue weighted by molar-refractivity contribution is 7.89. The van der Waals surface area contributed by atoms with Crippen LogP contribution in [-0.2, 0) is 26.0 Å². The van der Waals surface area contributed by atoms with Crippen LogP contribution in [0.5, 0.6) is 0 Å². The number of nitrogens with one attached hydrogen (secondary N) is 1. The number of carbonyl (C=O) groups excluding carboxylic acids is 1. The van der Waals surface area contributed by atoms with E-state index in [4.69, 9.17) is 9.26 Å². The highest BCUT2D eigenvalue weighted by Crippen LogP contribution is 2.22. The second-order valence-corrected chi connectivity index (χ2v) is 8.83. The van der Waals surface area contributed by atoms with Gasteiger partial charge in [0.2, 0.25) is 15.9 Å². The van der Waals surface area contributed by atoms with Gasteiger partial charge in [0, 0.05) is 24.2 Å². The number of rotatable bonds is 5. The van der Waals surface area contributed by atoms with Crippen LogP contribution < -0.4 is 5.32 Å². The van der Waals surface area contributed by atoms with Gasteiger partial charge in [0.1, 0.15) is 5.69 Å². The van der Waals surface area contributed by atoms with E-state index in [0.29, 0.717) is 43.3 Å². The smallest absolute Gasteiger partial charge is 0.243 e. The molecule has 9 heteroatoms. The molecule has 152 valence electrons. The molecule has 0 radical (unpaired) electrons. The average molecular weight is 415 g/mol. The zero-order valence-electron chi connectivity index (χ0n) is 15.9. The summed E-state index contributed by atoms with van der Waals surface area (Å²) in [7, 11) is -3.56. The van der Waals surface area contributed by atoms with Crippen molar-refractivity contribution in [2.45, 2.75) is 18.2 Å². The summed E-state index contributed by atoms with van der Waals surface area (Å²) < 4.78 is 37.2. The number of anilines is 1. The van der Waals surface area contributed by atoms with E-state index in [9.17, 15) is 13.2 Å². The molecule has 1 N–H and O–H groups in total. The molecule has 0 unspecified atom stereocenters. The Morgan fingerprint density at radius 2 is 1.86 bits per heavy atom. The highest BCUT2D eigenvalue weighted by Gasteiger charge is 2.26. The fraction of sp³-hybridized carbons (Fsp3) is 0.300. The molecule has 3 aromatic rings. The molecule has 0 aliphatic carbocycles. The summed E-state index contributed by atoms with van der Waals surface area (Å²) >= 11 is 0. The van der Waals surface area contributed by atoms with E-state index in [1.165, 1.54) is 16.4 Å². The van der Waals surface area contributed by atoms with Gasteiger partial charge >= 0.3 is 0 Å². The third-order valence-corrected chi connectivity index (χ3v) is 6.69. The van der Waals surface area contributed by atoms with Gasteiger partial charge in [-0.15, -0.1) is 0 Å². The SMILES string of the molecule is Cc1ccc2onc(CC(=O)Nc3ccc(S(=O)(=O)N4CCOCC4)cc3)c2c1. The quantitative estimate of drug-likeness (QED) is 0.686. The number of ether oxygens (including phenoxy) is 1. The zero-order chi connectivity index (χ0) is 20.4. The van der Waals surface area contributed by atoms with E-state index in [1.54, 1.807) is 12.1 Å². The number of fused-ring (bicyclic) bond motifs is 1. The highest BCUT2D eigenvalue weighted by atomic mass is 32.2. The maximum atomic E-state index is 12.6. The topological polar surface area (TPSA) is 102 Å². The molecule has 0 spiro atoms. The monoisotopic (exact) mass is 415 g/mol.